The lowest BCUT2D eigenvalue weighted by atomic mass is 10.2. The van der Waals surface area contributed by atoms with Crippen LogP contribution in [0.1, 0.15) is 36.7 Å². The number of carbonyl (C=O) groups excluding carboxylic acids is 2. The van der Waals surface area contributed by atoms with Gasteiger partial charge in [-0.3, -0.25) is 9.59 Å². The predicted octanol–water partition coefficient (Wildman–Crippen LogP) is 4.27. The molecule has 11 heteroatoms. The zero-order valence-corrected chi connectivity index (χ0v) is 20.1. The van der Waals surface area contributed by atoms with Crippen molar-refractivity contribution in [3.8, 4) is 0 Å². The van der Waals surface area contributed by atoms with Gasteiger partial charge in [-0.1, -0.05) is 53.6 Å². The minimum absolute atomic E-state index is 0.0778. The van der Waals surface area contributed by atoms with Crippen LogP contribution in [0, 0.1) is 0 Å². The van der Waals surface area contributed by atoms with Crippen LogP contribution in [-0.2, 0) is 22.4 Å². The van der Waals surface area contributed by atoms with Gasteiger partial charge in [0.15, 0.2) is 0 Å². The first-order valence-electron chi connectivity index (χ1n) is 9.63. The number of aryl methyl sites for hydroxylation is 2. The first-order chi connectivity index (χ1) is 14.9. The quantitative estimate of drug-likeness (QED) is 0.251. The third-order valence-corrected chi connectivity index (χ3v) is 6.74. The van der Waals surface area contributed by atoms with Gasteiger partial charge in [0, 0.05) is 19.3 Å². The monoisotopic (exact) mass is 478 g/mol. The summed E-state index contributed by atoms with van der Waals surface area (Å²) in [6.07, 6.45) is 5.61. The number of hydrogen-bond donors (Lipinski definition) is 2. The highest BCUT2D eigenvalue weighted by molar-refractivity contribution is 7.99. The topological polar surface area (TPSA) is 110 Å². The number of rotatable bonds is 13. The van der Waals surface area contributed by atoms with Crippen LogP contribution in [0.25, 0.3) is 0 Å². The van der Waals surface area contributed by atoms with E-state index in [2.05, 4.69) is 44.2 Å². The Labute approximate surface area is 194 Å². The molecule has 0 aliphatic rings. The highest BCUT2D eigenvalue weighted by atomic mass is 32.2. The molecular weight excluding hydrogens is 452 g/mol. The van der Waals surface area contributed by atoms with E-state index in [0.29, 0.717) is 22.3 Å². The third kappa shape index (κ3) is 9.53. The van der Waals surface area contributed by atoms with Crippen molar-refractivity contribution in [3.05, 3.63) is 46.5 Å². The maximum absolute atomic E-state index is 11.9. The number of hydrogen-bond acceptors (Lipinski definition) is 9. The van der Waals surface area contributed by atoms with Crippen LogP contribution in [0.4, 0.5) is 10.3 Å². The van der Waals surface area contributed by atoms with Crippen molar-refractivity contribution in [2.75, 3.05) is 22.1 Å². The number of thioether (sulfide) groups is 1. The molecule has 0 saturated carbocycles. The predicted molar refractivity (Wildman–Crippen MR) is 130 cm³/mol. The van der Waals surface area contributed by atoms with Crippen molar-refractivity contribution in [2.45, 2.75) is 39.5 Å². The molecule has 2 amide bonds. The summed E-state index contributed by atoms with van der Waals surface area (Å²) in [5.74, 6) is 1.53. The number of amides is 2. The summed E-state index contributed by atoms with van der Waals surface area (Å²) in [5.41, 5.74) is 1.68. The van der Waals surface area contributed by atoms with Crippen LogP contribution in [0.3, 0.4) is 0 Å². The standard InChI is InChI=1S/C20H26N6O2S3/c1-5-13(3)11-15(27)21-19-25-23-17(30-19)7-9-29-10-8-18-24-26-20(31-18)22-16(28)12-14(4)6-2/h5-6H,1,3,7-12H2,2,4H3,(H,21,25,27)(H,22,26,28)/b14-6+. The molecule has 0 unspecified atom stereocenters. The minimum Gasteiger partial charge on any atom is -0.300 e. The summed E-state index contributed by atoms with van der Waals surface area (Å²) in [6, 6.07) is 0. The van der Waals surface area contributed by atoms with E-state index in [1.165, 1.54) is 22.7 Å². The van der Waals surface area contributed by atoms with Gasteiger partial charge in [0.05, 0.1) is 6.42 Å². The summed E-state index contributed by atoms with van der Waals surface area (Å²) < 4.78 is 0. The minimum atomic E-state index is -0.174. The maximum atomic E-state index is 11.9. The fraction of sp³-hybridized carbons (Fsp3) is 0.400. The number of aromatic nitrogens is 4. The molecule has 2 heterocycles. The summed E-state index contributed by atoms with van der Waals surface area (Å²) in [5, 5.41) is 24.6. The van der Waals surface area contributed by atoms with Crippen LogP contribution >= 0.6 is 34.4 Å². The molecule has 0 fully saturated rings. The number of carbonyl (C=O) groups is 2. The number of allylic oxidation sites excluding steroid dienone is 2. The van der Waals surface area contributed by atoms with Gasteiger partial charge < -0.3 is 10.6 Å². The summed E-state index contributed by atoms with van der Waals surface area (Å²) in [6.45, 7) is 11.1. The zero-order valence-electron chi connectivity index (χ0n) is 17.6. The van der Waals surface area contributed by atoms with E-state index in [1.807, 2.05) is 19.9 Å². The SMILES string of the molecule is C=CC(=C)CC(=O)Nc1nnc(CCSCCc2nnc(NC(=O)C/C(C)=C/C)s2)s1. The van der Waals surface area contributed by atoms with Crippen LogP contribution in [0.15, 0.2) is 36.5 Å². The van der Waals surface area contributed by atoms with Gasteiger partial charge in [-0.2, -0.15) is 11.8 Å². The summed E-state index contributed by atoms with van der Waals surface area (Å²) in [4.78, 5) is 23.7. The number of nitrogens with zero attached hydrogens (tertiary/aromatic N) is 4. The van der Waals surface area contributed by atoms with Gasteiger partial charge in [-0.25, -0.2) is 0 Å². The van der Waals surface area contributed by atoms with E-state index < -0.39 is 0 Å². The second-order valence-electron chi connectivity index (χ2n) is 6.56. The lowest BCUT2D eigenvalue weighted by Gasteiger charge is -2.00. The lowest BCUT2D eigenvalue weighted by Crippen LogP contribution is -2.11. The zero-order chi connectivity index (χ0) is 22.6. The average Bonchev–Trinajstić information content (AvgIpc) is 3.36. The van der Waals surface area contributed by atoms with Crippen LogP contribution in [0.5, 0.6) is 0 Å². The normalized spacial score (nSPS) is 11.2. The Kier molecular flexibility index (Phi) is 10.5. The van der Waals surface area contributed by atoms with Gasteiger partial charge in [0.2, 0.25) is 22.1 Å². The Balaban J connectivity index is 1.64. The number of nitrogens with one attached hydrogen (secondary N) is 2. The fourth-order valence-electron chi connectivity index (χ4n) is 2.19. The van der Waals surface area contributed by atoms with E-state index in [1.54, 1.807) is 17.8 Å². The highest BCUT2D eigenvalue weighted by Crippen LogP contribution is 2.20. The van der Waals surface area contributed by atoms with E-state index in [-0.39, 0.29) is 18.2 Å². The Hall–Kier alpha value is -2.37. The van der Waals surface area contributed by atoms with Crippen LogP contribution in [-0.4, -0.2) is 43.7 Å². The second kappa shape index (κ2) is 13.1. The van der Waals surface area contributed by atoms with Crippen molar-refractivity contribution in [2.24, 2.45) is 0 Å². The average molecular weight is 479 g/mol. The van der Waals surface area contributed by atoms with Crippen molar-refractivity contribution in [1.82, 2.24) is 20.4 Å². The van der Waals surface area contributed by atoms with Gasteiger partial charge in [-0.05, 0) is 30.9 Å². The molecule has 0 aliphatic heterocycles. The molecule has 31 heavy (non-hydrogen) atoms. The fourth-order valence-corrected chi connectivity index (χ4v) is 4.84. The van der Waals surface area contributed by atoms with Crippen molar-refractivity contribution < 1.29 is 9.59 Å². The summed E-state index contributed by atoms with van der Waals surface area (Å²) >= 11 is 4.57. The van der Waals surface area contributed by atoms with Crippen molar-refractivity contribution >= 4 is 56.5 Å². The second-order valence-corrected chi connectivity index (χ2v) is 9.91. The first-order valence-corrected chi connectivity index (χ1v) is 12.4. The smallest absolute Gasteiger partial charge is 0.230 e. The third-order valence-electron chi connectivity index (χ3n) is 3.96. The molecule has 0 aromatic carbocycles. The molecule has 0 atom stereocenters. The Morgan fingerprint density at radius 1 is 0.968 bits per heavy atom. The van der Waals surface area contributed by atoms with E-state index >= 15 is 0 Å². The van der Waals surface area contributed by atoms with E-state index in [4.69, 9.17) is 0 Å². The van der Waals surface area contributed by atoms with Crippen molar-refractivity contribution in [3.63, 3.8) is 0 Å². The lowest BCUT2D eigenvalue weighted by molar-refractivity contribution is -0.116. The van der Waals surface area contributed by atoms with Gasteiger partial charge in [-0.15, -0.1) is 20.4 Å². The Morgan fingerprint density at radius 3 is 1.97 bits per heavy atom. The molecule has 0 aliphatic carbocycles. The van der Waals surface area contributed by atoms with Gasteiger partial charge in [0.1, 0.15) is 10.0 Å². The molecule has 2 rings (SSSR count). The molecule has 0 radical (unpaired) electrons. The highest BCUT2D eigenvalue weighted by Gasteiger charge is 2.10. The summed E-state index contributed by atoms with van der Waals surface area (Å²) in [7, 11) is 0. The molecule has 2 aromatic rings. The molecule has 0 bridgehead atoms. The first kappa shape index (κ1) is 24.9. The molecule has 2 N–H and O–H groups in total. The Bertz CT molecular complexity index is 892. The molecular formula is C20H26N6O2S3. The Morgan fingerprint density at radius 2 is 1.48 bits per heavy atom. The van der Waals surface area contributed by atoms with Crippen molar-refractivity contribution in [1.29, 1.82) is 0 Å². The van der Waals surface area contributed by atoms with Crippen LogP contribution < -0.4 is 10.6 Å². The molecule has 8 nitrogen and oxygen atoms in total. The molecule has 0 spiro atoms. The van der Waals surface area contributed by atoms with Gasteiger partial charge >= 0.3 is 0 Å². The maximum Gasteiger partial charge on any atom is 0.230 e. The molecule has 166 valence electrons. The van der Waals surface area contributed by atoms with Gasteiger partial charge in [0.25, 0.3) is 0 Å². The number of anilines is 2. The molecule has 0 saturated heterocycles. The van der Waals surface area contributed by atoms with E-state index in [0.717, 1.165) is 39.9 Å². The largest absolute Gasteiger partial charge is 0.300 e. The van der Waals surface area contributed by atoms with Crippen LogP contribution in [0.2, 0.25) is 0 Å². The van der Waals surface area contributed by atoms with E-state index in [9.17, 15) is 9.59 Å². The molecule has 2 aromatic heterocycles.